The van der Waals surface area contributed by atoms with Crippen LogP contribution < -0.4 is 10.1 Å². The molecular formula is C26H23N5O2S. The maximum atomic E-state index is 12.8. The Labute approximate surface area is 201 Å². The minimum absolute atomic E-state index is 0.163. The lowest BCUT2D eigenvalue weighted by molar-refractivity contribution is 0.0949. The van der Waals surface area contributed by atoms with Crippen LogP contribution in [0.5, 0.6) is 5.75 Å². The first-order valence-corrected chi connectivity index (χ1v) is 11.7. The third kappa shape index (κ3) is 4.82. The van der Waals surface area contributed by atoms with Gasteiger partial charge >= 0.3 is 0 Å². The van der Waals surface area contributed by atoms with E-state index in [-0.39, 0.29) is 5.91 Å². The van der Waals surface area contributed by atoms with Gasteiger partial charge in [-0.3, -0.25) is 4.79 Å². The molecule has 0 spiro atoms. The Hall–Kier alpha value is -4.04. The zero-order chi connectivity index (χ0) is 23.3. The summed E-state index contributed by atoms with van der Waals surface area (Å²) >= 11 is 1.17. The van der Waals surface area contributed by atoms with Gasteiger partial charge in [0.1, 0.15) is 23.9 Å². The minimum atomic E-state index is -0.163. The molecule has 1 N–H and O–H groups in total. The lowest BCUT2D eigenvalue weighted by Crippen LogP contribution is -2.24. The number of carbonyl (C=O) groups is 1. The van der Waals surface area contributed by atoms with Crippen molar-refractivity contribution in [1.29, 1.82) is 0 Å². The summed E-state index contributed by atoms with van der Waals surface area (Å²) in [6, 6.07) is 25.3. The monoisotopic (exact) mass is 469 g/mol. The summed E-state index contributed by atoms with van der Waals surface area (Å²) in [7, 11) is 0. The molecule has 5 aromatic rings. The van der Waals surface area contributed by atoms with E-state index in [4.69, 9.17) is 9.72 Å². The number of hydrogen-bond acceptors (Lipinski definition) is 6. The molecule has 7 nitrogen and oxygen atoms in total. The molecule has 2 heterocycles. The van der Waals surface area contributed by atoms with E-state index in [1.54, 1.807) is 24.3 Å². The summed E-state index contributed by atoms with van der Waals surface area (Å²) in [6.45, 7) is 3.27. The third-order valence-corrected chi connectivity index (χ3v) is 6.22. The maximum Gasteiger partial charge on any atom is 0.251 e. The Kier molecular flexibility index (Phi) is 6.31. The normalized spacial score (nSPS) is 11.0. The van der Waals surface area contributed by atoms with Crippen molar-refractivity contribution in [1.82, 2.24) is 23.6 Å². The molecule has 1 amide bonds. The first kappa shape index (κ1) is 21.8. The number of ether oxygens (including phenoxy) is 1. The average Bonchev–Trinajstić information content (AvgIpc) is 3.45. The predicted octanol–water partition coefficient (Wildman–Crippen LogP) is 4.75. The van der Waals surface area contributed by atoms with E-state index in [9.17, 15) is 4.79 Å². The molecule has 5 rings (SSSR count). The molecule has 170 valence electrons. The lowest BCUT2D eigenvalue weighted by atomic mass is 10.2. The predicted molar refractivity (Wildman–Crippen MR) is 132 cm³/mol. The van der Waals surface area contributed by atoms with Gasteiger partial charge in [0.15, 0.2) is 0 Å². The molecule has 0 saturated heterocycles. The number of carbonyl (C=O) groups excluding carboxylic acids is 1. The van der Waals surface area contributed by atoms with Crippen LogP contribution in [-0.4, -0.2) is 24.2 Å². The van der Waals surface area contributed by atoms with Crippen molar-refractivity contribution in [3.63, 3.8) is 0 Å². The Bertz CT molecular complexity index is 1410. The lowest BCUT2D eigenvalue weighted by Gasteiger charge is -2.11. The Morgan fingerprint density at radius 1 is 0.971 bits per heavy atom. The van der Waals surface area contributed by atoms with Crippen LogP contribution in [-0.2, 0) is 19.7 Å². The molecule has 8 heteroatoms. The molecule has 3 aromatic carbocycles. The fraction of sp³-hybridized carbons (Fsp3) is 0.154. The van der Waals surface area contributed by atoms with Crippen LogP contribution in [0, 0.1) is 6.92 Å². The van der Waals surface area contributed by atoms with Crippen molar-refractivity contribution in [3.8, 4) is 5.75 Å². The standard InChI is InChI=1S/C26H23N5O2S/c1-18-23(30-34-29-18)17-33-21-13-11-20(12-14-21)26(32)27-15-25-28-22-9-5-6-10-24(22)31(25)16-19-7-3-2-4-8-19/h2-14H,15-17H2,1H3,(H,27,32). The molecular weight excluding hydrogens is 446 g/mol. The summed E-state index contributed by atoms with van der Waals surface area (Å²) in [6.07, 6.45) is 0. The van der Waals surface area contributed by atoms with Gasteiger partial charge in [-0.1, -0.05) is 42.5 Å². The highest BCUT2D eigenvalue weighted by Gasteiger charge is 2.13. The first-order chi connectivity index (χ1) is 16.7. The topological polar surface area (TPSA) is 81.9 Å². The number of aromatic nitrogens is 4. The van der Waals surface area contributed by atoms with Gasteiger partial charge in [0, 0.05) is 12.1 Å². The van der Waals surface area contributed by atoms with Crippen LogP contribution in [0.4, 0.5) is 0 Å². The van der Waals surface area contributed by atoms with Gasteiger partial charge in [-0.05, 0) is 48.9 Å². The highest BCUT2D eigenvalue weighted by molar-refractivity contribution is 6.99. The number of nitrogens with one attached hydrogen (secondary N) is 1. The van der Waals surface area contributed by atoms with Gasteiger partial charge in [-0.2, -0.15) is 8.75 Å². The quantitative estimate of drug-likeness (QED) is 0.355. The second-order valence-corrected chi connectivity index (χ2v) is 8.41. The number of fused-ring (bicyclic) bond motifs is 1. The van der Waals surface area contributed by atoms with Crippen LogP contribution in [0.3, 0.4) is 0 Å². The van der Waals surface area contributed by atoms with Crippen molar-refractivity contribution < 1.29 is 9.53 Å². The highest BCUT2D eigenvalue weighted by Crippen LogP contribution is 2.19. The van der Waals surface area contributed by atoms with Crippen molar-refractivity contribution >= 4 is 28.7 Å². The van der Waals surface area contributed by atoms with Gasteiger partial charge in [-0.15, -0.1) is 0 Å². The van der Waals surface area contributed by atoms with Crippen LogP contribution in [0.25, 0.3) is 11.0 Å². The van der Waals surface area contributed by atoms with Gasteiger partial charge in [-0.25, -0.2) is 4.98 Å². The molecule has 0 radical (unpaired) electrons. The number of benzene rings is 3. The van der Waals surface area contributed by atoms with Crippen molar-refractivity contribution in [2.24, 2.45) is 0 Å². The van der Waals surface area contributed by atoms with Gasteiger partial charge in [0.25, 0.3) is 5.91 Å². The highest BCUT2D eigenvalue weighted by atomic mass is 32.1. The second kappa shape index (κ2) is 9.84. The van der Waals surface area contributed by atoms with Crippen LogP contribution >= 0.6 is 11.7 Å². The summed E-state index contributed by atoms with van der Waals surface area (Å²) in [5.41, 5.74) is 5.39. The van der Waals surface area contributed by atoms with E-state index in [1.807, 2.05) is 43.3 Å². The minimum Gasteiger partial charge on any atom is -0.487 e. The SMILES string of the molecule is Cc1nsnc1COc1ccc(C(=O)NCc2nc3ccccc3n2Cc2ccccc2)cc1. The van der Waals surface area contributed by atoms with Gasteiger partial charge < -0.3 is 14.6 Å². The molecule has 0 aliphatic heterocycles. The van der Waals surface area contributed by atoms with Crippen molar-refractivity contribution in [2.45, 2.75) is 26.6 Å². The number of amides is 1. The Morgan fingerprint density at radius 3 is 2.50 bits per heavy atom. The zero-order valence-corrected chi connectivity index (χ0v) is 19.5. The van der Waals surface area contributed by atoms with Crippen LogP contribution in [0.15, 0.2) is 78.9 Å². The number of aryl methyl sites for hydroxylation is 1. The van der Waals surface area contributed by atoms with E-state index < -0.39 is 0 Å². The van der Waals surface area contributed by atoms with Crippen molar-refractivity contribution in [3.05, 3.63) is 107 Å². The van der Waals surface area contributed by atoms with Gasteiger partial charge in [0.2, 0.25) is 0 Å². The average molecular weight is 470 g/mol. The summed E-state index contributed by atoms with van der Waals surface area (Å²) in [5.74, 6) is 1.32. The number of rotatable bonds is 8. The second-order valence-electron chi connectivity index (χ2n) is 7.88. The van der Waals surface area contributed by atoms with Crippen LogP contribution in [0.2, 0.25) is 0 Å². The largest absolute Gasteiger partial charge is 0.487 e. The number of para-hydroxylation sites is 2. The first-order valence-electron chi connectivity index (χ1n) is 10.9. The fourth-order valence-corrected chi connectivity index (χ4v) is 4.25. The molecule has 34 heavy (non-hydrogen) atoms. The molecule has 0 aliphatic rings. The van der Waals surface area contributed by atoms with E-state index in [2.05, 4.69) is 36.8 Å². The van der Waals surface area contributed by atoms with Crippen molar-refractivity contribution in [2.75, 3.05) is 0 Å². The molecule has 0 saturated carbocycles. The molecule has 2 aromatic heterocycles. The van der Waals surface area contributed by atoms with Crippen LogP contribution in [0.1, 0.15) is 33.1 Å². The summed E-state index contributed by atoms with van der Waals surface area (Å²) in [4.78, 5) is 17.6. The molecule has 0 bridgehead atoms. The van der Waals surface area contributed by atoms with E-state index in [0.717, 1.165) is 28.2 Å². The summed E-state index contributed by atoms with van der Waals surface area (Å²) < 4.78 is 16.3. The zero-order valence-electron chi connectivity index (χ0n) is 18.6. The summed E-state index contributed by atoms with van der Waals surface area (Å²) in [5, 5.41) is 3.00. The number of imidazole rings is 1. The van der Waals surface area contributed by atoms with E-state index >= 15 is 0 Å². The maximum absolute atomic E-state index is 12.8. The number of nitrogens with zero attached hydrogens (tertiary/aromatic N) is 4. The molecule has 0 unspecified atom stereocenters. The van der Waals surface area contributed by atoms with E-state index in [1.165, 1.54) is 17.3 Å². The third-order valence-electron chi connectivity index (χ3n) is 5.56. The number of hydrogen-bond donors (Lipinski definition) is 1. The Balaban J connectivity index is 1.26. The molecule has 0 aliphatic carbocycles. The molecule has 0 fully saturated rings. The smallest absolute Gasteiger partial charge is 0.251 e. The fourth-order valence-electron chi connectivity index (χ4n) is 3.70. The molecule has 0 atom stereocenters. The van der Waals surface area contributed by atoms with Gasteiger partial charge in [0.05, 0.1) is 35.0 Å². The van der Waals surface area contributed by atoms with E-state index in [0.29, 0.717) is 31.0 Å². The Morgan fingerprint density at radius 2 is 1.74 bits per heavy atom.